The molecule has 1 aliphatic heterocycles. The van der Waals surface area contributed by atoms with Crippen molar-refractivity contribution in [2.24, 2.45) is 5.73 Å². The molecule has 1 saturated heterocycles. The Morgan fingerprint density at radius 2 is 1.86 bits per heavy atom. The zero-order valence-corrected chi connectivity index (χ0v) is 21.1. The molecule has 0 spiro atoms. The normalized spacial score (nSPS) is 15.2. The number of aliphatic hydroxyl groups excluding tert-OH is 1. The molecule has 36 heavy (non-hydrogen) atoms. The van der Waals surface area contributed by atoms with Crippen molar-refractivity contribution in [3.63, 3.8) is 0 Å². The third-order valence-electron chi connectivity index (χ3n) is 6.47. The van der Waals surface area contributed by atoms with Crippen LogP contribution < -0.4 is 15.4 Å². The molecule has 8 heteroatoms. The summed E-state index contributed by atoms with van der Waals surface area (Å²) in [4.78, 5) is 21.1. The Bertz CT molecular complexity index is 1350. The Labute approximate surface area is 214 Å². The van der Waals surface area contributed by atoms with Crippen molar-refractivity contribution in [3.05, 3.63) is 77.3 Å². The molecule has 7 nitrogen and oxygen atoms in total. The number of hydrogen-bond acceptors (Lipinski definition) is 7. The largest absolute Gasteiger partial charge is 0.491 e. The smallest absolute Gasteiger partial charge is 0.249 e. The van der Waals surface area contributed by atoms with Crippen molar-refractivity contribution in [1.29, 1.82) is 0 Å². The number of hydrogen-bond donors (Lipinski definition) is 2. The van der Waals surface area contributed by atoms with E-state index in [-0.39, 0.29) is 6.61 Å². The van der Waals surface area contributed by atoms with Crippen molar-refractivity contribution in [1.82, 2.24) is 9.88 Å². The molecule has 2 heterocycles. The monoisotopic (exact) mass is 502 g/mol. The Morgan fingerprint density at radius 1 is 1.08 bits per heavy atom. The van der Waals surface area contributed by atoms with E-state index in [9.17, 15) is 9.90 Å². The number of nitrogens with two attached hydrogens (primary N) is 1. The lowest BCUT2D eigenvalue weighted by atomic mass is 9.98. The van der Waals surface area contributed by atoms with E-state index >= 15 is 0 Å². The fourth-order valence-electron chi connectivity index (χ4n) is 4.64. The fraction of sp³-hybridized carbons (Fsp3) is 0.286. The molecular formula is C28H30N4O3S. The number of aromatic nitrogens is 1. The van der Waals surface area contributed by atoms with Crippen LogP contribution in [0.3, 0.4) is 0 Å². The molecule has 0 radical (unpaired) electrons. The zero-order valence-electron chi connectivity index (χ0n) is 20.3. The molecule has 1 unspecified atom stereocenters. The van der Waals surface area contributed by atoms with Crippen LogP contribution in [0.15, 0.2) is 66.7 Å². The second kappa shape index (κ2) is 10.7. The van der Waals surface area contributed by atoms with Gasteiger partial charge in [-0.25, -0.2) is 4.98 Å². The van der Waals surface area contributed by atoms with E-state index in [0.717, 1.165) is 64.0 Å². The molecule has 1 aromatic heterocycles. The molecule has 5 rings (SSSR count). The Kier molecular flexibility index (Phi) is 7.18. The summed E-state index contributed by atoms with van der Waals surface area (Å²) in [5.74, 6) is 0.299. The summed E-state index contributed by atoms with van der Waals surface area (Å²) >= 11 is 1.66. The van der Waals surface area contributed by atoms with Crippen LogP contribution in [0.25, 0.3) is 21.3 Å². The van der Waals surface area contributed by atoms with Gasteiger partial charge in [0.25, 0.3) is 0 Å². The van der Waals surface area contributed by atoms with Gasteiger partial charge in [0.1, 0.15) is 18.5 Å². The number of carbonyl (C=O) groups is 1. The molecule has 1 aliphatic rings. The number of nitrogens with zero attached hydrogens (tertiary/aromatic N) is 3. The summed E-state index contributed by atoms with van der Waals surface area (Å²) in [6, 6.07) is 21.5. The third kappa shape index (κ3) is 5.51. The lowest BCUT2D eigenvalue weighted by molar-refractivity contribution is 0.0663. The Morgan fingerprint density at radius 3 is 2.61 bits per heavy atom. The summed E-state index contributed by atoms with van der Waals surface area (Å²) in [6.07, 6.45) is -0.580. The summed E-state index contributed by atoms with van der Waals surface area (Å²) < 4.78 is 6.98. The van der Waals surface area contributed by atoms with Gasteiger partial charge in [-0.15, -0.1) is 11.3 Å². The number of anilines is 1. The van der Waals surface area contributed by atoms with Gasteiger partial charge in [0.2, 0.25) is 5.91 Å². The minimum Gasteiger partial charge on any atom is -0.491 e. The maximum Gasteiger partial charge on any atom is 0.249 e. The molecule has 0 saturated carbocycles. The summed E-state index contributed by atoms with van der Waals surface area (Å²) in [5, 5.41) is 11.6. The number of aryl methyl sites for hydroxylation is 1. The molecule has 3 aromatic carbocycles. The first kappa shape index (κ1) is 24.2. The third-order valence-corrected chi connectivity index (χ3v) is 7.42. The highest BCUT2D eigenvalue weighted by Gasteiger charge is 2.21. The van der Waals surface area contributed by atoms with E-state index in [1.54, 1.807) is 11.3 Å². The number of rotatable bonds is 8. The maximum atomic E-state index is 12.0. The highest BCUT2D eigenvalue weighted by atomic mass is 32.1. The number of thiazole rings is 1. The van der Waals surface area contributed by atoms with E-state index in [2.05, 4.69) is 20.9 Å². The van der Waals surface area contributed by atoms with Gasteiger partial charge in [-0.1, -0.05) is 30.3 Å². The van der Waals surface area contributed by atoms with Crippen molar-refractivity contribution < 1.29 is 14.6 Å². The van der Waals surface area contributed by atoms with E-state index in [0.29, 0.717) is 12.1 Å². The van der Waals surface area contributed by atoms with Crippen LogP contribution in [0, 0.1) is 6.92 Å². The highest BCUT2D eigenvalue weighted by Crippen LogP contribution is 2.29. The minimum absolute atomic E-state index is 0.240. The van der Waals surface area contributed by atoms with Gasteiger partial charge in [-0.3, -0.25) is 9.69 Å². The van der Waals surface area contributed by atoms with Crippen LogP contribution in [0.1, 0.15) is 15.4 Å². The van der Waals surface area contributed by atoms with Crippen LogP contribution in [0.5, 0.6) is 5.75 Å². The lowest BCUT2D eigenvalue weighted by Crippen LogP contribution is -2.49. The van der Waals surface area contributed by atoms with Gasteiger partial charge in [0.05, 0.1) is 15.2 Å². The average molecular weight is 503 g/mol. The van der Waals surface area contributed by atoms with Gasteiger partial charge in [0, 0.05) is 50.0 Å². The van der Waals surface area contributed by atoms with Gasteiger partial charge >= 0.3 is 0 Å². The van der Waals surface area contributed by atoms with Gasteiger partial charge in [-0.2, -0.15) is 0 Å². The molecular weight excluding hydrogens is 472 g/mol. The summed E-state index contributed by atoms with van der Waals surface area (Å²) in [5.41, 5.74) is 9.98. The first-order chi connectivity index (χ1) is 17.5. The molecule has 3 N–H and O–H groups in total. The van der Waals surface area contributed by atoms with Crippen molar-refractivity contribution in [2.75, 3.05) is 44.2 Å². The lowest BCUT2D eigenvalue weighted by Gasteiger charge is -2.37. The van der Waals surface area contributed by atoms with Crippen LogP contribution in [0.2, 0.25) is 0 Å². The number of fused-ring (bicyclic) bond motifs is 1. The van der Waals surface area contributed by atoms with Crippen molar-refractivity contribution >= 4 is 33.1 Å². The standard InChI is InChI=1S/C28H30N4O3S/c1-19-30-26-16-23(8-10-27(26)36-19)35-18-22(33)17-31-11-13-32(14-12-31)21-7-9-24(28(29)34)25(15-21)20-5-3-2-4-6-20/h2-10,15-16,22,33H,11-14,17-18H2,1H3,(H2,29,34). The molecule has 1 atom stereocenters. The second-order valence-electron chi connectivity index (χ2n) is 9.08. The molecule has 0 bridgehead atoms. The molecule has 186 valence electrons. The zero-order chi connectivity index (χ0) is 25.1. The topological polar surface area (TPSA) is 91.9 Å². The van der Waals surface area contributed by atoms with Crippen LogP contribution in [-0.4, -0.2) is 66.3 Å². The van der Waals surface area contributed by atoms with E-state index in [4.69, 9.17) is 10.5 Å². The summed E-state index contributed by atoms with van der Waals surface area (Å²) in [7, 11) is 0. The first-order valence-electron chi connectivity index (χ1n) is 12.1. The van der Waals surface area contributed by atoms with Gasteiger partial charge < -0.3 is 20.5 Å². The van der Waals surface area contributed by atoms with Gasteiger partial charge in [0.15, 0.2) is 0 Å². The maximum absolute atomic E-state index is 12.0. The Balaban J connectivity index is 1.16. The predicted octanol–water partition coefficient (Wildman–Crippen LogP) is 3.93. The van der Waals surface area contributed by atoms with Crippen LogP contribution in [0.4, 0.5) is 5.69 Å². The van der Waals surface area contributed by atoms with Crippen molar-refractivity contribution in [3.8, 4) is 16.9 Å². The average Bonchev–Trinajstić information content (AvgIpc) is 3.27. The number of piperazine rings is 1. The van der Waals surface area contributed by atoms with Crippen LogP contribution in [-0.2, 0) is 0 Å². The second-order valence-corrected chi connectivity index (χ2v) is 10.3. The van der Waals surface area contributed by atoms with E-state index in [1.807, 2.05) is 67.6 Å². The SMILES string of the molecule is Cc1nc2cc(OCC(O)CN3CCN(c4ccc(C(N)=O)c(-c5ccccc5)c4)CC3)ccc2s1. The summed E-state index contributed by atoms with van der Waals surface area (Å²) in [6.45, 7) is 6.12. The molecule has 1 amide bonds. The van der Waals surface area contributed by atoms with Crippen LogP contribution >= 0.6 is 11.3 Å². The molecule has 4 aromatic rings. The van der Waals surface area contributed by atoms with Crippen molar-refractivity contribution in [2.45, 2.75) is 13.0 Å². The number of β-amino-alcohol motifs (C(OH)–C–C–N with tert-alkyl or cyclic N) is 1. The van der Waals surface area contributed by atoms with E-state index in [1.165, 1.54) is 0 Å². The number of carbonyl (C=O) groups excluding carboxylic acids is 1. The highest BCUT2D eigenvalue weighted by molar-refractivity contribution is 7.18. The minimum atomic E-state index is -0.580. The first-order valence-corrected chi connectivity index (χ1v) is 12.9. The number of ether oxygens (including phenoxy) is 1. The quantitative estimate of drug-likeness (QED) is 0.379. The number of primary amides is 1. The number of aliphatic hydroxyl groups is 1. The number of benzene rings is 3. The predicted molar refractivity (Wildman–Crippen MR) is 145 cm³/mol. The van der Waals surface area contributed by atoms with E-state index < -0.39 is 12.0 Å². The fourth-order valence-corrected chi connectivity index (χ4v) is 5.45. The molecule has 1 fully saturated rings. The van der Waals surface area contributed by atoms with Gasteiger partial charge in [-0.05, 0) is 48.4 Å². The molecule has 0 aliphatic carbocycles. The Hall–Kier alpha value is -3.46. The number of amides is 1.